The van der Waals surface area contributed by atoms with E-state index in [1.54, 1.807) is 29.4 Å². The lowest BCUT2D eigenvalue weighted by atomic mass is 10.2. The molecule has 5 nitrogen and oxygen atoms in total. The Hall–Kier alpha value is -1.66. The van der Waals surface area contributed by atoms with Crippen molar-refractivity contribution in [2.45, 2.75) is 13.0 Å². The van der Waals surface area contributed by atoms with Gasteiger partial charge in [-0.25, -0.2) is 0 Å². The molecule has 6 heteroatoms. The number of likely N-dealkylation sites (N-methyl/N-ethyl adjacent to an activating group) is 1. The Kier molecular flexibility index (Phi) is 3.78. The molecule has 2 rings (SSSR count). The smallest absolute Gasteiger partial charge is 0.274 e. The van der Waals surface area contributed by atoms with Crippen molar-refractivity contribution < 1.29 is 4.79 Å². The predicted octanol–water partition coefficient (Wildman–Crippen LogP) is 1.56. The van der Waals surface area contributed by atoms with Gasteiger partial charge in [-0.1, -0.05) is 6.07 Å². The Labute approximate surface area is 110 Å². The van der Waals surface area contributed by atoms with Crippen LogP contribution in [0.2, 0.25) is 0 Å². The van der Waals surface area contributed by atoms with Gasteiger partial charge in [-0.15, -0.1) is 11.3 Å². The Balaban J connectivity index is 2.18. The number of aromatic nitrogens is 2. The molecule has 0 saturated heterocycles. The van der Waals surface area contributed by atoms with Gasteiger partial charge in [0.15, 0.2) is 5.69 Å². The summed E-state index contributed by atoms with van der Waals surface area (Å²) in [7, 11) is 1.74. The van der Waals surface area contributed by atoms with Crippen LogP contribution in [0.3, 0.4) is 0 Å². The standard InChI is InChI=1S/C12H16N4OS/c1-8(7-13)16(2)12(17)10-6-9(14-15-10)11-4-3-5-18-11/h3-6,8H,7,13H2,1-2H3,(H,14,15). The van der Waals surface area contributed by atoms with Crippen LogP contribution in [-0.4, -0.2) is 40.6 Å². The first-order valence-electron chi connectivity index (χ1n) is 5.70. The van der Waals surface area contributed by atoms with Crippen molar-refractivity contribution in [3.8, 4) is 10.6 Å². The number of hydrogen-bond donors (Lipinski definition) is 2. The van der Waals surface area contributed by atoms with Crippen molar-refractivity contribution in [1.29, 1.82) is 0 Å². The monoisotopic (exact) mass is 264 g/mol. The van der Waals surface area contributed by atoms with Gasteiger partial charge >= 0.3 is 0 Å². The van der Waals surface area contributed by atoms with Crippen LogP contribution < -0.4 is 5.73 Å². The van der Waals surface area contributed by atoms with Crippen molar-refractivity contribution >= 4 is 17.2 Å². The van der Waals surface area contributed by atoms with Crippen LogP contribution in [0, 0.1) is 0 Å². The highest BCUT2D eigenvalue weighted by atomic mass is 32.1. The van der Waals surface area contributed by atoms with Crippen LogP contribution in [0.15, 0.2) is 23.6 Å². The zero-order valence-electron chi connectivity index (χ0n) is 10.4. The van der Waals surface area contributed by atoms with Gasteiger partial charge in [-0.2, -0.15) is 5.10 Å². The highest BCUT2D eigenvalue weighted by molar-refractivity contribution is 7.13. The Bertz CT molecular complexity index is 520. The summed E-state index contributed by atoms with van der Waals surface area (Å²) in [5.41, 5.74) is 6.83. The number of rotatable bonds is 4. The van der Waals surface area contributed by atoms with Gasteiger partial charge in [0, 0.05) is 19.6 Å². The average molecular weight is 264 g/mol. The van der Waals surface area contributed by atoms with Crippen molar-refractivity contribution in [2.75, 3.05) is 13.6 Å². The third-order valence-corrected chi connectivity index (χ3v) is 3.81. The topological polar surface area (TPSA) is 75.0 Å². The summed E-state index contributed by atoms with van der Waals surface area (Å²) in [5, 5.41) is 8.93. The second-order valence-corrected chi connectivity index (χ2v) is 5.09. The highest BCUT2D eigenvalue weighted by Gasteiger charge is 2.19. The first-order chi connectivity index (χ1) is 8.63. The summed E-state index contributed by atoms with van der Waals surface area (Å²) in [5.74, 6) is -0.119. The Morgan fingerprint density at radius 1 is 1.67 bits per heavy atom. The molecule has 0 aromatic carbocycles. The van der Waals surface area contributed by atoms with Gasteiger partial charge in [-0.05, 0) is 24.4 Å². The normalized spacial score (nSPS) is 12.4. The maximum atomic E-state index is 12.1. The number of carbonyl (C=O) groups is 1. The summed E-state index contributed by atoms with van der Waals surface area (Å²) in [6.45, 7) is 2.34. The molecule has 0 radical (unpaired) electrons. The van der Waals surface area contributed by atoms with E-state index in [2.05, 4.69) is 10.2 Å². The third kappa shape index (κ3) is 2.44. The molecular formula is C12H16N4OS. The minimum atomic E-state index is -0.119. The third-order valence-electron chi connectivity index (χ3n) is 2.91. The SMILES string of the molecule is CC(CN)N(C)C(=O)c1cc(-c2cccs2)[nH]n1. The molecule has 2 aromatic rings. The summed E-state index contributed by atoms with van der Waals surface area (Å²) in [6.07, 6.45) is 0. The maximum Gasteiger partial charge on any atom is 0.274 e. The van der Waals surface area contributed by atoms with E-state index in [9.17, 15) is 4.79 Å². The minimum Gasteiger partial charge on any atom is -0.336 e. The highest BCUT2D eigenvalue weighted by Crippen LogP contribution is 2.23. The fraction of sp³-hybridized carbons (Fsp3) is 0.333. The molecule has 1 atom stereocenters. The molecular weight excluding hydrogens is 248 g/mol. The lowest BCUT2D eigenvalue weighted by molar-refractivity contribution is 0.0742. The summed E-state index contributed by atoms with van der Waals surface area (Å²) >= 11 is 1.60. The zero-order chi connectivity index (χ0) is 13.1. The first kappa shape index (κ1) is 12.8. The number of H-pyrrole nitrogens is 1. The van der Waals surface area contributed by atoms with Crippen molar-refractivity contribution in [1.82, 2.24) is 15.1 Å². The van der Waals surface area contributed by atoms with Gasteiger partial charge in [0.25, 0.3) is 5.91 Å². The fourth-order valence-corrected chi connectivity index (χ4v) is 2.22. The lowest BCUT2D eigenvalue weighted by Gasteiger charge is -2.22. The molecule has 1 unspecified atom stereocenters. The first-order valence-corrected chi connectivity index (χ1v) is 6.58. The summed E-state index contributed by atoms with van der Waals surface area (Å²) in [6, 6.07) is 5.72. The number of nitrogens with one attached hydrogen (secondary N) is 1. The summed E-state index contributed by atoms with van der Waals surface area (Å²) < 4.78 is 0. The van der Waals surface area contributed by atoms with E-state index in [1.165, 1.54) is 0 Å². The molecule has 0 aliphatic rings. The molecule has 2 aromatic heterocycles. The van der Waals surface area contributed by atoms with Gasteiger partial charge in [-0.3, -0.25) is 9.89 Å². The number of amides is 1. The molecule has 0 bridgehead atoms. The lowest BCUT2D eigenvalue weighted by Crippen LogP contribution is -2.39. The Morgan fingerprint density at radius 3 is 3.06 bits per heavy atom. The number of nitrogens with two attached hydrogens (primary N) is 1. The number of carbonyl (C=O) groups excluding carboxylic acids is 1. The largest absolute Gasteiger partial charge is 0.336 e. The van der Waals surface area contributed by atoms with Gasteiger partial charge in [0.2, 0.25) is 0 Å². The Morgan fingerprint density at radius 2 is 2.44 bits per heavy atom. The molecule has 0 fully saturated rings. The molecule has 2 heterocycles. The van der Waals surface area contributed by atoms with Gasteiger partial charge in [0.05, 0.1) is 10.6 Å². The zero-order valence-corrected chi connectivity index (χ0v) is 11.2. The quantitative estimate of drug-likeness (QED) is 0.880. The molecule has 0 aliphatic carbocycles. The van der Waals surface area contributed by atoms with Crippen molar-refractivity contribution in [3.05, 3.63) is 29.3 Å². The number of hydrogen-bond acceptors (Lipinski definition) is 4. The van der Waals surface area contributed by atoms with Gasteiger partial charge in [0.1, 0.15) is 0 Å². The van der Waals surface area contributed by atoms with Crippen molar-refractivity contribution in [3.63, 3.8) is 0 Å². The molecule has 1 amide bonds. The molecule has 0 spiro atoms. The fourth-order valence-electron chi connectivity index (χ4n) is 1.53. The van der Waals surface area contributed by atoms with E-state index in [-0.39, 0.29) is 11.9 Å². The molecule has 0 aliphatic heterocycles. The van der Waals surface area contributed by atoms with Crippen LogP contribution in [0.5, 0.6) is 0 Å². The van der Waals surface area contributed by atoms with E-state index in [4.69, 9.17) is 5.73 Å². The van der Waals surface area contributed by atoms with E-state index in [1.807, 2.05) is 24.4 Å². The predicted molar refractivity (Wildman–Crippen MR) is 72.5 cm³/mol. The molecule has 18 heavy (non-hydrogen) atoms. The van der Waals surface area contributed by atoms with Crippen LogP contribution in [0.1, 0.15) is 17.4 Å². The summed E-state index contributed by atoms with van der Waals surface area (Å²) in [4.78, 5) is 14.8. The minimum absolute atomic E-state index is 0.000567. The molecule has 96 valence electrons. The van der Waals surface area contributed by atoms with E-state index < -0.39 is 0 Å². The van der Waals surface area contributed by atoms with E-state index in [0.717, 1.165) is 10.6 Å². The number of nitrogens with zero attached hydrogens (tertiary/aromatic N) is 2. The van der Waals surface area contributed by atoms with Gasteiger partial charge < -0.3 is 10.6 Å². The number of thiophene rings is 1. The van der Waals surface area contributed by atoms with Crippen LogP contribution in [0.4, 0.5) is 0 Å². The maximum absolute atomic E-state index is 12.1. The molecule has 0 saturated carbocycles. The average Bonchev–Trinajstić information content (AvgIpc) is 3.05. The second-order valence-electron chi connectivity index (χ2n) is 4.14. The van der Waals surface area contributed by atoms with E-state index >= 15 is 0 Å². The molecule has 3 N–H and O–H groups in total. The van der Waals surface area contributed by atoms with Crippen LogP contribution in [-0.2, 0) is 0 Å². The second kappa shape index (κ2) is 5.32. The van der Waals surface area contributed by atoms with Crippen LogP contribution >= 0.6 is 11.3 Å². The number of aromatic amines is 1. The van der Waals surface area contributed by atoms with E-state index in [0.29, 0.717) is 12.2 Å². The van der Waals surface area contributed by atoms with Crippen LogP contribution in [0.25, 0.3) is 10.6 Å². The van der Waals surface area contributed by atoms with Crippen molar-refractivity contribution in [2.24, 2.45) is 5.73 Å².